The number of aliphatic carboxylic acids is 1. The summed E-state index contributed by atoms with van der Waals surface area (Å²) < 4.78 is 70.5. The van der Waals surface area contributed by atoms with Crippen LogP contribution in [0.25, 0.3) is 0 Å². The zero-order valence-corrected chi connectivity index (χ0v) is 17.0. The number of benzene rings is 2. The van der Waals surface area contributed by atoms with Crippen molar-refractivity contribution in [3.8, 4) is 11.5 Å². The van der Waals surface area contributed by atoms with E-state index in [4.69, 9.17) is 19.4 Å². The third-order valence-corrected chi connectivity index (χ3v) is 5.70. The second kappa shape index (κ2) is 8.94. The molecule has 172 valence electrons. The first-order valence-electron chi connectivity index (χ1n) is 9.11. The lowest BCUT2D eigenvalue weighted by Gasteiger charge is -2.20. The predicted molar refractivity (Wildman–Crippen MR) is 105 cm³/mol. The number of halogens is 3. The zero-order chi connectivity index (χ0) is 23.5. The van der Waals surface area contributed by atoms with Gasteiger partial charge in [0.1, 0.15) is 13.2 Å². The maximum atomic E-state index is 12.6. The van der Waals surface area contributed by atoms with E-state index in [1.54, 1.807) is 30.3 Å². The highest BCUT2D eigenvalue weighted by atomic mass is 32.2. The van der Waals surface area contributed by atoms with Gasteiger partial charge in [-0.3, -0.25) is 9.52 Å². The number of anilines is 2. The molecule has 2 aliphatic rings. The average molecular weight is 474 g/mol. The number of sulfonamides is 1. The summed E-state index contributed by atoms with van der Waals surface area (Å²) in [7, 11) is -3.75. The number of aryl methyl sites for hydroxylation is 1. The fourth-order valence-corrected chi connectivity index (χ4v) is 3.95. The number of carbonyl (C=O) groups excluding carboxylic acids is 1. The van der Waals surface area contributed by atoms with Gasteiger partial charge in [0.25, 0.3) is 10.0 Å². The average Bonchev–Trinajstić information content (AvgIpc) is 2.72. The first-order valence-corrected chi connectivity index (χ1v) is 10.6. The summed E-state index contributed by atoms with van der Waals surface area (Å²) in [6, 6.07) is 9.59. The van der Waals surface area contributed by atoms with Crippen molar-refractivity contribution in [3.63, 3.8) is 0 Å². The van der Waals surface area contributed by atoms with Gasteiger partial charge in [-0.2, -0.15) is 13.2 Å². The fraction of sp³-hybridized carbons (Fsp3) is 0.263. The van der Waals surface area contributed by atoms with Crippen molar-refractivity contribution in [2.24, 2.45) is 0 Å². The van der Waals surface area contributed by atoms with Crippen LogP contribution in [-0.2, 0) is 26.0 Å². The van der Waals surface area contributed by atoms with Crippen molar-refractivity contribution in [3.05, 3.63) is 42.0 Å². The number of nitrogens with one attached hydrogen (secondary N) is 2. The summed E-state index contributed by atoms with van der Waals surface area (Å²) in [6.07, 6.45) is -4.21. The van der Waals surface area contributed by atoms with Gasteiger partial charge in [-0.1, -0.05) is 0 Å². The molecule has 0 saturated carbocycles. The van der Waals surface area contributed by atoms with Crippen molar-refractivity contribution in [2.75, 3.05) is 23.3 Å². The van der Waals surface area contributed by atoms with Crippen LogP contribution in [0.1, 0.15) is 12.0 Å². The monoisotopic (exact) mass is 474 g/mol. The summed E-state index contributed by atoms with van der Waals surface area (Å²) in [5, 5.41) is 9.86. The van der Waals surface area contributed by atoms with Gasteiger partial charge in [-0.15, -0.1) is 0 Å². The number of carboxylic acid groups (broad SMARTS) is 1. The van der Waals surface area contributed by atoms with Gasteiger partial charge in [0.2, 0.25) is 5.91 Å². The molecule has 0 aliphatic carbocycles. The number of carboxylic acids is 1. The Morgan fingerprint density at radius 3 is 2.34 bits per heavy atom. The van der Waals surface area contributed by atoms with E-state index < -0.39 is 22.2 Å². The van der Waals surface area contributed by atoms with Crippen molar-refractivity contribution >= 4 is 33.3 Å². The van der Waals surface area contributed by atoms with Crippen LogP contribution < -0.4 is 19.5 Å². The largest absolute Gasteiger partial charge is 0.490 e. The summed E-state index contributed by atoms with van der Waals surface area (Å²) in [5.74, 6) is -1.71. The maximum absolute atomic E-state index is 12.6. The van der Waals surface area contributed by atoms with Crippen LogP contribution in [-0.4, -0.2) is 44.8 Å². The topological polar surface area (TPSA) is 131 Å². The molecular weight excluding hydrogens is 457 g/mol. The lowest BCUT2D eigenvalue weighted by molar-refractivity contribution is -0.192. The van der Waals surface area contributed by atoms with Gasteiger partial charge >= 0.3 is 12.1 Å². The van der Waals surface area contributed by atoms with Crippen LogP contribution in [0.15, 0.2) is 41.3 Å². The first kappa shape index (κ1) is 23.2. The van der Waals surface area contributed by atoms with Crippen LogP contribution in [0.4, 0.5) is 24.5 Å². The second-order valence-corrected chi connectivity index (χ2v) is 8.32. The molecule has 0 unspecified atom stereocenters. The SMILES string of the molecule is O=C(O)C(F)(F)F.O=C1CCc2cc(S(=O)(=O)Nc3ccc4c(c3)OCCO4)ccc2N1. The van der Waals surface area contributed by atoms with E-state index in [-0.39, 0.29) is 10.8 Å². The van der Waals surface area contributed by atoms with Crippen molar-refractivity contribution in [2.45, 2.75) is 23.9 Å². The smallest absolute Gasteiger partial charge is 0.486 e. The predicted octanol–water partition coefficient (Wildman–Crippen LogP) is 2.78. The highest BCUT2D eigenvalue weighted by molar-refractivity contribution is 7.92. The normalized spacial score (nSPS) is 14.9. The molecule has 0 bridgehead atoms. The lowest BCUT2D eigenvalue weighted by atomic mass is 10.0. The lowest BCUT2D eigenvalue weighted by Crippen LogP contribution is -2.21. The summed E-state index contributed by atoms with van der Waals surface area (Å²) >= 11 is 0. The molecule has 0 fully saturated rings. The molecule has 3 N–H and O–H groups in total. The van der Waals surface area contributed by atoms with Crippen molar-refractivity contribution in [1.29, 1.82) is 0 Å². The minimum Gasteiger partial charge on any atom is -0.486 e. The number of hydrogen-bond donors (Lipinski definition) is 3. The van der Waals surface area contributed by atoms with E-state index in [1.807, 2.05) is 0 Å². The molecule has 0 aromatic heterocycles. The van der Waals surface area contributed by atoms with E-state index in [1.165, 1.54) is 6.07 Å². The van der Waals surface area contributed by atoms with Crippen LogP contribution in [0.2, 0.25) is 0 Å². The van der Waals surface area contributed by atoms with E-state index >= 15 is 0 Å². The van der Waals surface area contributed by atoms with E-state index in [0.29, 0.717) is 48.9 Å². The molecule has 2 heterocycles. The van der Waals surface area contributed by atoms with Gasteiger partial charge in [0.05, 0.1) is 10.6 Å². The second-order valence-electron chi connectivity index (χ2n) is 6.63. The Labute approximate surface area is 180 Å². The molecule has 0 atom stereocenters. The first-order chi connectivity index (χ1) is 15.0. The molecule has 9 nitrogen and oxygen atoms in total. The highest BCUT2D eigenvalue weighted by Crippen LogP contribution is 2.33. The van der Waals surface area contributed by atoms with Crippen LogP contribution in [0, 0.1) is 0 Å². The quantitative estimate of drug-likeness (QED) is 0.624. The number of amides is 1. The van der Waals surface area contributed by atoms with Gasteiger partial charge in [0, 0.05) is 18.2 Å². The summed E-state index contributed by atoms with van der Waals surface area (Å²) in [6.45, 7) is 0.906. The molecule has 0 radical (unpaired) electrons. The summed E-state index contributed by atoms with van der Waals surface area (Å²) in [5.41, 5.74) is 1.87. The molecular formula is C19H17F3N2O7S. The van der Waals surface area contributed by atoms with Crippen molar-refractivity contribution < 1.29 is 45.8 Å². The molecule has 13 heteroatoms. The molecule has 2 aliphatic heterocycles. The molecule has 4 rings (SSSR count). The van der Waals surface area contributed by atoms with Gasteiger partial charge < -0.3 is 19.9 Å². The Bertz CT molecular complexity index is 1150. The number of hydrogen-bond acceptors (Lipinski definition) is 6. The Hall–Kier alpha value is -3.48. The number of alkyl halides is 3. The number of ether oxygens (including phenoxy) is 2. The van der Waals surface area contributed by atoms with Crippen LogP contribution in [0.5, 0.6) is 11.5 Å². The van der Waals surface area contributed by atoms with Crippen LogP contribution in [0.3, 0.4) is 0 Å². The minimum absolute atomic E-state index is 0.0579. The molecule has 0 saturated heterocycles. The summed E-state index contributed by atoms with van der Waals surface area (Å²) in [4.78, 5) is 20.4. The third-order valence-electron chi connectivity index (χ3n) is 4.32. The molecule has 1 amide bonds. The maximum Gasteiger partial charge on any atom is 0.490 e. The Morgan fingerprint density at radius 1 is 1.03 bits per heavy atom. The Balaban J connectivity index is 0.000000360. The van der Waals surface area contributed by atoms with Gasteiger partial charge in [-0.25, -0.2) is 13.2 Å². The molecule has 0 spiro atoms. The Morgan fingerprint density at radius 2 is 1.69 bits per heavy atom. The van der Waals surface area contributed by atoms with Crippen LogP contribution >= 0.6 is 0 Å². The Kier molecular flexibility index (Phi) is 6.48. The van der Waals surface area contributed by atoms with Gasteiger partial charge in [-0.05, 0) is 42.3 Å². The number of rotatable bonds is 3. The van der Waals surface area contributed by atoms with E-state index in [0.717, 1.165) is 5.56 Å². The zero-order valence-electron chi connectivity index (χ0n) is 16.2. The van der Waals surface area contributed by atoms with Crippen molar-refractivity contribution in [1.82, 2.24) is 0 Å². The number of fused-ring (bicyclic) bond motifs is 2. The third kappa shape index (κ3) is 5.60. The molecule has 32 heavy (non-hydrogen) atoms. The van der Waals surface area contributed by atoms with E-state index in [2.05, 4.69) is 10.0 Å². The highest BCUT2D eigenvalue weighted by Gasteiger charge is 2.38. The fourth-order valence-electron chi connectivity index (χ4n) is 2.85. The van der Waals surface area contributed by atoms with E-state index in [9.17, 15) is 26.4 Å². The minimum atomic E-state index is -5.08. The molecule has 2 aromatic rings. The number of carbonyl (C=O) groups is 2. The molecule has 2 aromatic carbocycles. The van der Waals surface area contributed by atoms with Gasteiger partial charge in [0.15, 0.2) is 11.5 Å². The standard InChI is InChI=1S/C17H16N2O5S.C2HF3O2/c20-17-6-1-11-9-13(3-4-14(11)18-17)25(21,22)19-12-2-5-15-16(10-12)24-8-7-23-15;3-2(4,5)1(6)7/h2-5,9-10,19H,1,6-8H2,(H,18,20);(H,6,7).